The summed E-state index contributed by atoms with van der Waals surface area (Å²) in [6.07, 6.45) is 1.19. The molecule has 14 heavy (non-hydrogen) atoms. The van der Waals surface area contributed by atoms with E-state index in [1.54, 1.807) is 7.11 Å². The molecular formula is C12H18O2. The van der Waals surface area contributed by atoms with Gasteiger partial charge in [-0.2, -0.15) is 0 Å². The van der Waals surface area contributed by atoms with Crippen LogP contribution in [0.1, 0.15) is 26.3 Å². The molecule has 0 aliphatic carbocycles. The Balaban J connectivity index is 2.96. The van der Waals surface area contributed by atoms with Crippen molar-refractivity contribution in [2.24, 2.45) is 0 Å². The molecule has 0 saturated heterocycles. The molecule has 0 aliphatic heterocycles. The van der Waals surface area contributed by atoms with Crippen molar-refractivity contribution in [1.29, 1.82) is 0 Å². The zero-order chi connectivity index (χ0) is 10.6. The number of benzene rings is 1. The number of rotatable bonds is 4. The van der Waals surface area contributed by atoms with Gasteiger partial charge < -0.3 is 9.47 Å². The van der Waals surface area contributed by atoms with Gasteiger partial charge in [-0.1, -0.05) is 13.0 Å². The second-order valence-electron chi connectivity index (χ2n) is 3.51. The van der Waals surface area contributed by atoms with Crippen molar-refractivity contribution in [1.82, 2.24) is 0 Å². The predicted octanol–water partition coefficient (Wildman–Crippen LogP) is 3.04. The summed E-state index contributed by atoms with van der Waals surface area (Å²) in [5, 5.41) is 0. The first-order valence-corrected chi connectivity index (χ1v) is 5.01. The molecule has 0 aliphatic rings. The van der Waals surface area contributed by atoms with Gasteiger partial charge in [0.05, 0.1) is 13.2 Å². The highest BCUT2D eigenvalue weighted by molar-refractivity contribution is 5.43. The highest BCUT2D eigenvalue weighted by Gasteiger charge is 2.06. The van der Waals surface area contributed by atoms with E-state index >= 15 is 0 Å². The van der Waals surface area contributed by atoms with Crippen molar-refractivity contribution < 1.29 is 9.47 Å². The molecule has 0 unspecified atom stereocenters. The number of ether oxygens (including phenoxy) is 2. The minimum absolute atomic E-state index is 0.177. The summed E-state index contributed by atoms with van der Waals surface area (Å²) >= 11 is 0. The lowest BCUT2D eigenvalue weighted by Crippen LogP contribution is -2.06. The highest BCUT2D eigenvalue weighted by atomic mass is 16.5. The van der Waals surface area contributed by atoms with Crippen molar-refractivity contribution in [2.45, 2.75) is 33.3 Å². The molecule has 0 saturated carbocycles. The van der Waals surface area contributed by atoms with Crippen LogP contribution in [0.5, 0.6) is 11.5 Å². The predicted molar refractivity (Wildman–Crippen MR) is 58.1 cm³/mol. The third-order valence-corrected chi connectivity index (χ3v) is 2.00. The van der Waals surface area contributed by atoms with Crippen LogP contribution in [0, 0.1) is 0 Å². The Labute approximate surface area is 85.8 Å². The smallest absolute Gasteiger partial charge is 0.161 e. The molecule has 2 heteroatoms. The normalized spacial score (nSPS) is 10.4. The number of hydrogen-bond acceptors (Lipinski definition) is 2. The first-order chi connectivity index (χ1) is 6.67. The van der Waals surface area contributed by atoms with Gasteiger partial charge in [0.2, 0.25) is 0 Å². The zero-order valence-corrected chi connectivity index (χ0v) is 9.33. The van der Waals surface area contributed by atoms with E-state index in [2.05, 4.69) is 13.0 Å². The van der Waals surface area contributed by atoms with Crippen LogP contribution < -0.4 is 9.47 Å². The lowest BCUT2D eigenvalue weighted by molar-refractivity contribution is 0.230. The molecular weight excluding hydrogens is 176 g/mol. The summed E-state index contributed by atoms with van der Waals surface area (Å²) in [5.74, 6) is 1.64. The topological polar surface area (TPSA) is 18.5 Å². The van der Waals surface area contributed by atoms with Crippen molar-refractivity contribution in [3.05, 3.63) is 23.8 Å². The lowest BCUT2D eigenvalue weighted by Gasteiger charge is -2.14. The van der Waals surface area contributed by atoms with E-state index in [-0.39, 0.29) is 6.10 Å². The lowest BCUT2D eigenvalue weighted by atomic mass is 10.1. The van der Waals surface area contributed by atoms with Gasteiger partial charge in [0.1, 0.15) is 0 Å². The SMILES string of the molecule is CCc1ccc(OC)c(OC(C)C)c1. The summed E-state index contributed by atoms with van der Waals surface area (Å²) < 4.78 is 10.9. The molecule has 0 spiro atoms. The standard InChI is InChI=1S/C12H18O2/c1-5-10-6-7-11(13-4)12(8-10)14-9(2)3/h6-9H,5H2,1-4H3. The van der Waals surface area contributed by atoms with Crippen molar-refractivity contribution in [3.8, 4) is 11.5 Å². The maximum atomic E-state index is 5.65. The Hall–Kier alpha value is -1.18. The summed E-state index contributed by atoms with van der Waals surface area (Å²) in [6.45, 7) is 6.15. The van der Waals surface area contributed by atoms with Crippen LogP contribution in [-0.2, 0) is 6.42 Å². The third kappa shape index (κ3) is 2.66. The molecule has 0 amide bonds. The van der Waals surface area contributed by atoms with E-state index in [9.17, 15) is 0 Å². The Morgan fingerprint density at radius 1 is 1.21 bits per heavy atom. The first kappa shape index (κ1) is 10.9. The molecule has 0 atom stereocenters. The average molecular weight is 194 g/mol. The van der Waals surface area contributed by atoms with Crippen LogP contribution >= 0.6 is 0 Å². The monoisotopic (exact) mass is 194 g/mol. The van der Waals surface area contributed by atoms with Gasteiger partial charge in [0, 0.05) is 0 Å². The Kier molecular flexibility index (Phi) is 3.81. The van der Waals surface area contributed by atoms with Gasteiger partial charge in [-0.25, -0.2) is 0 Å². The fourth-order valence-electron chi connectivity index (χ4n) is 1.29. The fraction of sp³-hybridized carbons (Fsp3) is 0.500. The molecule has 0 fully saturated rings. The van der Waals surface area contributed by atoms with E-state index < -0.39 is 0 Å². The Morgan fingerprint density at radius 2 is 1.93 bits per heavy atom. The van der Waals surface area contributed by atoms with Gasteiger partial charge in [0.25, 0.3) is 0 Å². The van der Waals surface area contributed by atoms with Gasteiger partial charge in [-0.3, -0.25) is 0 Å². The Bertz CT molecular complexity index is 292. The van der Waals surface area contributed by atoms with Crippen LogP contribution in [0.4, 0.5) is 0 Å². The van der Waals surface area contributed by atoms with E-state index in [0.29, 0.717) is 0 Å². The minimum atomic E-state index is 0.177. The van der Waals surface area contributed by atoms with Gasteiger partial charge in [0.15, 0.2) is 11.5 Å². The average Bonchev–Trinajstić information content (AvgIpc) is 2.16. The molecule has 0 radical (unpaired) electrons. The van der Waals surface area contributed by atoms with E-state index in [1.165, 1.54) is 5.56 Å². The van der Waals surface area contributed by atoms with Crippen LogP contribution in [0.25, 0.3) is 0 Å². The second-order valence-corrected chi connectivity index (χ2v) is 3.51. The summed E-state index contributed by atoms with van der Waals surface area (Å²) in [4.78, 5) is 0. The van der Waals surface area contributed by atoms with Crippen LogP contribution in [0.2, 0.25) is 0 Å². The summed E-state index contributed by atoms with van der Waals surface area (Å²) in [7, 11) is 1.66. The first-order valence-electron chi connectivity index (χ1n) is 5.01. The van der Waals surface area contributed by atoms with Crippen LogP contribution in [-0.4, -0.2) is 13.2 Å². The quantitative estimate of drug-likeness (QED) is 0.733. The second kappa shape index (κ2) is 4.89. The van der Waals surface area contributed by atoms with E-state index in [4.69, 9.17) is 9.47 Å². The molecule has 1 aromatic carbocycles. The zero-order valence-electron chi connectivity index (χ0n) is 9.33. The van der Waals surface area contributed by atoms with E-state index in [0.717, 1.165) is 17.9 Å². The molecule has 1 aromatic rings. The Morgan fingerprint density at radius 3 is 2.43 bits per heavy atom. The molecule has 0 aromatic heterocycles. The van der Waals surface area contributed by atoms with Crippen molar-refractivity contribution >= 4 is 0 Å². The maximum Gasteiger partial charge on any atom is 0.161 e. The van der Waals surface area contributed by atoms with Gasteiger partial charge >= 0.3 is 0 Å². The molecule has 2 nitrogen and oxygen atoms in total. The van der Waals surface area contributed by atoms with Gasteiger partial charge in [-0.05, 0) is 38.0 Å². The number of methoxy groups -OCH3 is 1. The largest absolute Gasteiger partial charge is 0.493 e. The highest BCUT2D eigenvalue weighted by Crippen LogP contribution is 2.28. The molecule has 1 rings (SSSR count). The number of aryl methyl sites for hydroxylation is 1. The number of hydrogen-bond donors (Lipinski definition) is 0. The minimum Gasteiger partial charge on any atom is -0.493 e. The van der Waals surface area contributed by atoms with Crippen LogP contribution in [0.15, 0.2) is 18.2 Å². The van der Waals surface area contributed by atoms with E-state index in [1.807, 2.05) is 26.0 Å². The molecule has 0 N–H and O–H groups in total. The third-order valence-electron chi connectivity index (χ3n) is 2.00. The van der Waals surface area contributed by atoms with Crippen molar-refractivity contribution in [3.63, 3.8) is 0 Å². The summed E-state index contributed by atoms with van der Waals surface area (Å²) in [6, 6.07) is 6.06. The van der Waals surface area contributed by atoms with Crippen LogP contribution in [0.3, 0.4) is 0 Å². The molecule has 0 heterocycles. The van der Waals surface area contributed by atoms with Gasteiger partial charge in [-0.15, -0.1) is 0 Å². The molecule has 78 valence electrons. The summed E-state index contributed by atoms with van der Waals surface area (Å²) in [5.41, 5.74) is 1.27. The van der Waals surface area contributed by atoms with Crippen molar-refractivity contribution in [2.75, 3.05) is 7.11 Å². The fourth-order valence-corrected chi connectivity index (χ4v) is 1.29. The maximum absolute atomic E-state index is 5.65. The molecule has 0 bridgehead atoms.